The summed E-state index contributed by atoms with van der Waals surface area (Å²) in [5, 5.41) is 18.9. The molecule has 0 fully saturated rings. The van der Waals surface area contributed by atoms with Gasteiger partial charge < -0.3 is 10.4 Å². The Morgan fingerprint density at radius 3 is 2.62 bits per heavy atom. The van der Waals surface area contributed by atoms with Crippen molar-refractivity contribution in [3.05, 3.63) is 21.9 Å². The Morgan fingerprint density at radius 1 is 1.50 bits per heavy atom. The highest BCUT2D eigenvalue weighted by molar-refractivity contribution is 6.35. The lowest BCUT2D eigenvalue weighted by molar-refractivity contribution is 0.0863. The van der Waals surface area contributed by atoms with Crippen LogP contribution in [0, 0.1) is 0 Å². The molecule has 1 rings (SSSR count). The van der Waals surface area contributed by atoms with Crippen LogP contribution in [0.5, 0.6) is 0 Å². The van der Waals surface area contributed by atoms with E-state index in [2.05, 4.69) is 15.5 Å². The van der Waals surface area contributed by atoms with E-state index in [1.165, 1.54) is 6.07 Å². The molecule has 0 radical (unpaired) electrons. The van der Waals surface area contributed by atoms with Gasteiger partial charge in [-0.05, 0) is 19.9 Å². The zero-order chi connectivity index (χ0) is 12.3. The summed E-state index contributed by atoms with van der Waals surface area (Å²) in [5.74, 6) is -0.506. The Morgan fingerprint density at radius 2 is 2.12 bits per heavy atom. The van der Waals surface area contributed by atoms with Crippen molar-refractivity contribution in [1.82, 2.24) is 15.5 Å². The average molecular weight is 264 g/mol. The fraction of sp³-hybridized carbons (Fsp3) is 0.444. The van der Waals surface area contributed by atoms with Crippen LogP contribution < -0.4 is 5.32 Å². The largest absolute Gasteiger partial charge is 0.394 e. The number of halogens is 2. The molecule has 0 spiro atoms. The third-order valence-electron chi connectivity index (χ3n) is 1.78. The first kappa shape index (κ1) is 13.2. The predicted octanol–water partition coefficient (Wildman–Crippen LogP) is 1.28. The number of rotatable bonds is 3. The quantitative estimate of drug-likeness (QED) is 0.862. The van der Waals surface area contributed by atoms with Crippen LogP contribution >= 0.6 is 23.2 Å². The minimum atomic E-state index is -0.748. The van der Waals surface area contributed by atoms with E-state index >= 15 is 0 Å². The van der Waals surface area contributed by atoms with Crippen molar-refractivity contribution in [2.75, 3.05) is 6.61 Å². The lowest BCUT2D eigenvalue weighted by Gasteiger charge is -2.23. The Balaban J connectivity index is 2.89. The summed E-state index contributed by atoms with van der Waals surface area (Å²) in [7, 11) is 0. The van der Waals surface area contributed by atoms with Crippen LogP contribution in [0.1, 0.15) is 24.3 Å². The second-order valence-corrected chi connectivity index (χ2v) is 4.65. The van der Waals surface area contributed by atoms with Crippen LogP contribution in [0.3, 0.4) is 0 Å². The molecule has 0 aromatic carbocycles. The topological polar surface area (TPSA) is 75.1 Å². The van der Waals surface area contributed by atoms with Crippen molar-refractivity contribution < 1.29 is 9.90 Å². The molecule has 0 bridgehead atoms. The Hall–Kier alpha value is -0.910. The third kappa shape index (κ3) is 3.30. The summed E-state index contributed by atoms with van der Waals surface area (Å²) in [5.41, 5.74) is -0.769. The van der Waals surface area contributed by atoms with Crippen LogP contribution in [0.4, 0.5) is 0 Å². The van der Waals surface area contributed by atoms with Gasteiger partial charge in [0.15, 0.2) is 10.8 Å². The number of hydrogen-bond donors (Lipinski definition) is 2. The first-order chi connectivity index (χ1) is 7.35. The number of hydrogen-bond acceptors (Lipinski definition) is 4. The minimum absolute atomic E-state index is 0.0207. The van der Waals surface area contributed by atoms with Gasteiger partial charge in [0.05, 0.1) is 17.2 Å². The molecule has 5 nitrogen and oxygen atoms in total. The van der Waals surface area contributed by atoms with Crippen molar-refractivity contribution in [3.63, 3.8) is 0 Å². The molecule has 1 amide bonds. The maximum atomic E-state index is 11.7. The maximum absolute atomic E-state index is 11.7. The molecule has 0 unspecified atom stereocenters. The second-order valence-electron chi connectivity index (χ2n) is 3.86. The molecule has 0 atom stereocenters. The Labute approximate surface area is 103 Å². The van der Waals surface area contributed by atoms with Gasteiger partial charge in [0, 0.05) is 0 Å². The van der Waals surface area contributed by atoms with Crippen LogP contribution in [-0.2, 0) is 0 Å². The van der Waals surface area contributed by atoms with E-state index in [-0.39, 0.29) is 22.5 Å². The zero-order valence-corrected chi connectivity index (χ0v) is 10.3. The molecule has 2 N–H and O–H groups in total. The highest BCUT2D eigenvalue weighted by Crippen LogP contribution is 2.16. The normalized spacial score (nSPS) is 11.3. The first-order valence-corrected chi connectivity index (χ1v) is 5.23. The number of carbonyl (C=O) groups excluding carboxylic acids is 1. The maximum Gasteiger partial charge on any atom is 0.273 e. The van der Waals surface area contributed by atoms with E-state index in [0.717, 1.165) is 0 Å². The standard InChI is InChI=1S/C9H11Cl2N3O2/c1-9(2,4-15)12-8(16)7-5(10)3-6(11)13-14-7/h3,15H,4H2,1-2H3,(H,12,16). The molecule has 1 aromatic rings. The van der Waals surface area contributed by atoms with Crippen molar-refractivity contribution in [3.8, 4) is 0 Å². The SMILES string of the molecule is CC(C)(CO)NC(=O)c1nnc(Cl)cc1Cl. The molecule has 0 aliphatic carbocycles. The van der Waals surface area contributed by atoms with Gasteiger partial charge in [-0.25, -0.2) is 0 Å². The number of aromatic nitrogens is 2. The minimum Gasteiger partial charge on any atom is -0.394 e. The summed E-state index contributed by atoms with van der Waals surface area (Å²) in [6, 6.07) is 1.33. The lowest BCUT2D eigenvalue weighted by atomic mass is 10.1. The average Bonchev–Trinajstić information content (AvgIpc) is 2.16. The van der Waals surface area contributed by atoms with Crippen LogP contribution in [0.15, 0.2) is 6.07 Å². The monoisotopic (exact) mass is 263 g/mol. The van der Waals surface area contributed by atoms with Gasteiger partial charge in [-0.1, -0.05) is 23.2 Å². The Bertz CT molecular complexity index is 410. The van der Waals surface area contributed by atoms with Gasteiger partial charge in [-0.2, -0.15) is 0 Å². The molecular formula is C9H11Cl2N3O2. The van der Waals surface area contributed by atoms with Gasteiger partial charge in [0.2, 0.25) is 0 Å². The highest BCUT2D eigenvalue weighted by Gasteiger charge is 2.22. The van der Waals surface area contributed by atoms with Crippen LogP contribution in [-0.4, -0.2) is 33.4 Å². The number of aliphatic hydroxyl groups is 1. The van der Waals surface area contributed by atoms with Crippen molar-refractivity contribution in [2.24, 2.45) is 0 Å². The zero-order valence-electron chi connectivity index (χ0n) is 8.79. The molecular weight excluding hydrogens is 253 g/mol. The van der Waals surface area contributed by atoms with Crippen LogP contribution in [0.25, 0.3) is 0 Å². The molecule has 7 heteroatoms. The number of nitrogens with one attached hydrogen (secondary N) is 1. The van der Waals surface area contributed by atoms with Gasteiger partial charge in [-0.3, -0.25) is 4.79 Å². The fourth-order valence-corrected chi connectivity index (χ4v) is 1.34. The van der Waals surface area contributed by atoms with Gasteiger partial charge in [0.1, 0.15) is 0 Å². The van der Waals surface area contributed by atoms with E-state index in [1.54, 1.807) is 13.8 Å². The number of amides is 1. The predicted molar refractivity (Wildman–Crippen MR) is 60.7 cm³/mol. The van der Waals surface area contributed by atoms with E-state index in [0.29, 0.717) is 0 Å². The smallest absolute Gasteiger partial charge is 0.273 e. The molecule has 88 valence electrons. The number of nitrogens with zero attached hydrogens (tertiary/aromatic N) is 2. The fourth-order valence-electron chi connectivity index (χ4n) is 0.907. The van der Waals surface area contributed by atoms with Gasteiger partial charge in [0.25, 0.3) is 5.91 Å². The molecule has 0 saturated carbocycles. The summed E-state index contributed by atoms with van der Waals surface area (Å²) < 4.78 is 0. The molecule has 16 heavy (non-hydrogen) atoms. The molecule has 0 saturated heterocycles. The molecule has 0 aliphatic rings. The van der Waals surface area contributed by atoms with E-state index in [9.17, 15) is 4.79 Å². The molecule has 0 aliphatic heterocycles. The lowest BCUT2D eigenvalue weighted by Crippen LogP contribution is -2.46. The highest BCUT2D eigenvalue weighted by atomic mass is 35.5. The summed E-state index contributed by atoms with van der Waals surface area (Å²) in [4.78, 5) is 11.7. The van der Waals surface area contributed by atoms with Gasteiger partial charge in [-0.15, -0.1) is 10.2 Å². The Kier molecular flexibility index (Phi) is 4.07. The number of carbonyl (C=O) groups is 1. The van der Waals surface area contributed by atoms with Crippen molar-refractivity contribution in [1.29, 1.82) is 0 Å². The second kappa shape index (κ2) is 4.95. The third-order valence-corrected chi connectivity index (χ3v) is 2.25. The van der Waals surface area contributed by atoms with Gasteiger partial charge >= 0.3 is 0 Å². The van der Waals surface area contributed by atoms with Crippen LogP contribution in [0.2, 0.25) is 10.2 Å². The van der Waals surface area contributed by atoms with E-state index in [4.69, 9.17) is 28.3 Å². The molecule has 1 aromatic heterocycles. The van der Waals surface area contributed by atoms with Crippen molar-refractivity contribution >= 4 is 29.1 Å². The molecule has 1 heterocycles. The van der Waals surface area contributed by atoms with Crippen molar-refractivity contribution in [2.45, 2.75) is 19.4 Å². The first-order valence-electron chi connectivity index (χ1n) is 4.48. The number of aliphatic hydroxyl groups excluding tert-OH is 1. The van der Waals surface area contributed by atoms with E-state index < -0.39 is 11.4 Å². The van der Waals surface area contributed by atoms with E-state index in [1.807, 2.05) is 0 Å². The summed E-state index contributed by atoms with van der Waals surface area (Å²) >= 11 is 11.3. The summed E-state index contributed by atoms with van der Waals surface area (Å²) in [6.07, 6.45) is 0. The summed E-state index contributed by atoms with van der Waals surface area (Å²) in [6.45, 7) is 3.14.